The Hall–Kier alpha value is -0.580. The lowest BCUT2D eigenvalue weighted by Gasteiger charge is -2.08. The summed E-state index contributed by atoms with van der Waals surface area (Å²) >= 11 is 5.76. The molecule has 0 bridgehead atoms. The van der Waals surface area contributed by atoms with Crippen LogP contribution in [0.15, 0.2) is 6.20 Å². The molecule has 12 heavy (non-hydrogen) atoms. The Labute approximate surface area is 75.9 Å². The minimum Gasteiger partial charge on any atom is -0.390 e. The molecule has 1 aromatic rings. The molecule has 0 saturated heterocycles. The largest absolute Gasteiger partial charge is 0.390 e. The summed E-state index contributed by atoms with van der Waals surface area (Å²) in [5, 5.41) is 13.8. The van der Waals surface area contributed by atoms with E-state index < -0.39 is 6.10 Å². The third-order valence-electron chi connectivity index (χ3n) is 1.70. The van der Waals surface area contributed by atoms with Crippen molar-refractivity contribution < 1.29 is 5.11 Å². The number of hydrogen-bond donors (Lipinski definition) is 2. The van der Waals surface area contributed by atoms with Crippen LogP contribution in [0.3, 0.4) is 0 Å². The van der Waals surface area contributed by atoms with Crippen LogP contribution in [0.25, 0.3) is 0 Å². The fourth-order valence-electron chi connectivity index (χ4n) is 0.882. The molecule has 0 fully saturated rings. The van der Waals surface area contributed by atoms with Crippen molar-refractivity contribution in [2.24, 2.45) is 5.73 Å². The third-order valence-corrected chi connectivity index (χ3v) is 2.07. The molecule has 68 valence electrons. The first-order chi connectivity index (χ1) is 5.65. The molecule has 0 aliphatic rings. The summed E-state index contributed by atoms with van der Waals surface area (Å²) in [7, 11) is 0. The Balaban J connectivity index is 2.69. The smallest absolute Gasteiger partial charge is 0.0858 e. The van der Waals surface area contributed by atoms with Crippen LogP contribution in [0.5, 0.6) is 0 Å². The van der Waals surface area contributed by atoms with Gasteiger partial charge in [-0.1, -0.05) is 11.6 Å². The molecule has 0 amide bonds. The lowest BCUT2D eigenvalue weighted by Crippen LogP contribution is -2.26. The molecule has 0 saturated carbocycles. The quantitative estimate of drug-likeness (QED) is 0.712. The molecular weight excluding hydrogens is 178 g/mol. The van der Waals surface area contributed by atoms with Crippen LogP contribution >= 0.6 is 11.6 Å². The van der Waals surface area contributed by atoms with Crippen molar-refractivity contribution in [3.05, 3.63) is 16.9 Å². The Kier molecular flexibility index (Phi) is 3.08. The van der Waals surface area contributed by atoms with Crippen molar-refractivity contribution in [3.8, 4) is 0 Å². The molecule has 1 unspecified atom stereocenters. The first-order valence-corrected chi connectivity index (χ1v) is 4.09. The highest BCUT2D eigenvalue weighted by Gasteiger charge is 2.07. The van der Waals surface area contributed by atoms with Crippen molar-refractivity contribution in [2.45, 2.75) is 19.6 Å². The lowest BCUT2D eigenvalue weighted by molar-refractivity contribution is 0.156. The summed E-state index contributed by atoms with van der Waals surface area (Å²) in [5.74, 6) is 0. The number of aliphatic hydroxyl groups excluding tert-OH is 1. The maximum atomic E-state index is 9.22. The summed E-state index contributed by atoms with van der Waals surface area (Å²) in [6.45, 7) is 2.48. The molecule has 0 aromatic carbocycles. The molecule has 0 spiro atoms. The maximum Gasteiger partial charge on any atom is 0.0858 e. The normalized spacial score (nSPS) is 13.3. The zero-order valence-electron chi connectivity index (χ0n) is 6.87. The predicted octanol–water partition coefficient (Wildman–Crippen LogP) is 0.165. The van der Waals surface area contributed by atoms with Gasteiger partial charge >= 0.3 is 0 Å². The fraction of sp³-hybridized carbons (Fsp3) is 0.571. The zero-order chi connectivity index (χ0) is 9.14. The highest BCUT2D eigenvalue weighted by Crippen LogP contribution is 2.13. The van der Waals surface area contributed by atoms with Gasteiger partial charge in [-0.25, -0.2) is 0 Å². The number of halogens is 1. The Morgan fingerprint density at radius 1 is 1.83 bits per heavy atom. The molecule has 0 aliphatic carbocycles. The number of nitrogens with zero attached hydrogens (tertiary/aromatic N) is 2. The Bertz CT molecular complexity index is 261. The number of nitrogens with two attached hydrogens (primary N) is 1. The molecular formula is C7H12ClN3O. The number of aromatic nitrogens is 2. The van der Waals surface area contributed by atoms with Crippen molar-refractivity contribution in [1.29, 1.82) is 0 Å². The molecule has 1 heterocycles. The number of aliphatic hydroxyl groups is 1. The minimum absolute atomic E-state index is 0.233. The fourth-order valence-corrected chi connectivity index (χ4v) is 1.02. The summed E-state index contributed by atoms with van der Waals surface area (Å²) in [6, 6.07) is 0. The molecule has 1 rings (SSSR count). The van der Waals surface area contributed by atoms with Crippen LogP contribution < -0.4 is 5.73 Å². The summed E-state index contributed by atoms with van der Waals surface area (Å²) in [5.41, 5.74) is 6.10. The minimum atomic E-state index is -0.556. The van der Waals surface area contributed by atoms with Crippen LogP contribution in [-0.4, -0.2) is 27.5 Å². The second kappa shape index (κ2) is 3.89. The van der Waals surface area contributed by atoms with E-state index >= 15 is 0 Å². The van der Waals surface area contributed by atoms with E-state index in [2.05, 4.69) is 5.10 Å². The van der Waals surface area contributed by atoms with E-state index in [9.17, 15) is 5.11 Å². The lowest BCUT2D eigenvalue weighted by atomic mass is 10.3. The predicted molar refractivity (Wildman–Crippen MR) is 47.0 cm³/mol. The van der Waals surface area contributed by atoms with Crippen molar-refractivity contribution in [1.82, 2.24) is 9.78 Å². The Morgan fingerprint density at radius 3 is 2.92 bits per heavy atom. The average molecular weight is 190 g/mol. The average Bonchev–Trinajstić information content (AvgIpc) is 2.36. The van der Waals surface area contributed by atoms with Crippen molar-refractivity contribution in [2.75, 3.05) is 6.54 Å². The van der Waals surface area contributed by atoms with Gasteiger partial charge in [0.2, 0.25) is 0 Å². The first-order valence-electron chi connectivity index (χ1n) is 3.71. The van der Waals surface area contributed by atoms with E-state index in [-0.39, 0.29) is 6.54 Å². The van der Waals surface area contributed by atoms with Gasteiger partial charge in [-0.2, -0.15) is 5.10 Å². The molecule has 3 N–H and O–H groups in total. The van der Waals surface area contributed by atoms with E-state index in [0.717, 1.165) is 5.69 Å². The van der Waals surface area contributed by atoms with Gasteiger partial charge in [0.15, 0.2) is 0 Å². The third kappa shape index (κ3) is 1.97. The van der Waals surface area contributed by atoms with Crippen molar-refractivity contribution >= 4 is 11.6 Å². The van der Waals surface area contributed by atoms with Crippen LogP contribution in [0.2, 0.25) is 5.02 Å². The second-order valence-electron chi connectivity index (χ2n) is 2.65. The standard InChI is InChI=1S/C7H12ClN3O/c1-5-7(8)3-10-11(5)4-6(12)2-9/h3,6,12H,2,4,9H2,1H3. The van der Waals surface area contributed by atoms with Crippen LogP contribution in [0.4, 0.5) is 0 Å². The van der Waals surface area contributed by atoms with Crippen LogP contribution in [0, 0.1) is 6.92 Å². The Morgan fingerprint density at radius 2 is 2.50 bits per heavy atom. The van der Waals surface area contributed by atoms with Gasteiger partial charge in [-0.3, -0.25) is 4.68 Å². The number of hydrogen-bond acceptors (Lipinski definition) is 3. The van der Waals surface area contributed by atoms with E-state index in [1.54, 1.807) is 10.9 Å². The summed E-state index contributed by atoms with van der Waals surface area (Å²) in [6.07, 6.45) is 1.000. The van der Waals surface area contributed by atoms with Gasteiger partial charge in [-0.05, 0) is 6.92 Å². The second-order valence-corrected chi connectivity index (χ2v) is 3.06. The van der Waals surface area contributed by atoms with Crippen LogP contribution in [0.1, 0.15) is 5.69 Å². The van der Waals surface area contributed by atoms with E-state index in [1.807, 2.05) is 6.92 Å². The summed E-state index contributed by atoms with van der Waals surface area (Å²) in [4.78, 5) is 0. The first kappa shape index (κ1) is 9.51. The van der Waals surface area contributed by atoms with E-state index in [0.29, 0.717) is 11.6 Å². The van der Waals surface area contributed by atoms with Crippen LogP contribution in [-0.2, 0) is 6.54 Å². The number of rotatable bonds is 3. The molecule has 1 aromatic heterocycles. The maximum absolute atomic E-state index is 9.22. The highest BCUT2D eigenvalue weighted by molar-refractivity contribution is 6.31. The van der Waals surface area contributed by atoms with Gasteiger partial charge in [0.1, 0.15) is 0 Å². The van der Waals surface area contributed by atoms with Gasteiger partial charge < -0.3 is 10.8 Å². The van der Waals surface area contributed by atoms with Gasteiger partial charge in [0, 0.05) is 6.54 Å². The molecule has 1 atom stereocenters. The van der Waals surface area contributed by atoms with Crippen molar-refractivity contribution in [3.63, 3.8) is 0 Å². The van der Waals surface area contributed by atoms with E-state index in [1.165, 1.54) is 0 Å². The topological polar surface area (TPSA) is 64.1 Å². The molecule has 0 aliphatic heterocycles. The van der Waals surface area contributed by atoms with Gasteiger partial charge in [0.25, 0.3) is 0 Å². The zero-order valence-corrected chi connectivity index (χ0v) is 7.62. The summed E-state index contributed by atoms with van der Waals surface area (Å²) < 4.78 is 1.64. The molecule has 5 heteroatoms. The van der Waals surface area contributed by atoms with Gasteiger partial charge in [-0.15, -0.1) is 0 Å². The monoisotopic (exact) mass is 189 g/mol. The molecule has 4 nitrogen and oxygen atoms in total. The highest BCUT2D eigenvalue weighted by atomic mass is 35.5. The molecule has 0 radical (unpaired) electrons. The van der Waals surface area contributed by atoms with E-state index in [4.69, 9.17) is 17.3 Å². The SMILES string of the molecule is Cc1c(Cl)cnn1CC(O)CN. The van der Waals surface area contributed by atoms with Gasteiger partial charge in [0.05, 0.1) is 29.6 Å².